The predicted octanol–water partition coefficient (Wildman–Crippen LogP) is 2.81. The Labute approximate surface area is 76.9 Å². The van der Waals surface area contributed by atoms with E-state index in [9.17, 15) is 0 Å². The molecule has 0 aliphatic heterocycles. The van der Waals surface area contributed by atoms with Crippen molar-refractivity contribution in [1.29, 1.82) is 0 Å². The van der Waals surface area contributed by atoms with Crippen LogP contribution in [0.5, 0.6) is 0 Å². The lowest BCUT2D eigenvalue weighted by atomic mass is 9.93. The van der Waals surface area contributed by atoms with Crippen molar-refractivity contribution in [3.8, 4) is 0 Å². The Balaban J connectivity index is 2.29. The second-order valence-electron chi connectivity index (χ2n) is 4.19. The minimum Gasteiger partial charge on any atom is -0.314 e. The van der Waals surface area contributed by atoms with Crippen LogP contribution in [0.4, 0.5) is 0 Å². The zero-order valence-corrected chi connectivity index (χ0v) is 8.77. The van der Waals surface area contributed by atoms with Crippen LogP contribution in [-0.4, -0.2) is 12.6 Å². The van der Waals surface area contributed by atoms with Gasteiger partial charge in [-0.1, -0.05) is 27.2 Å². The van der Waals surface area contributed by atoms with Crippen molar-refractivity contribution in [2.45, 2.75) is 52.5 Å². The molecule has 72 valence electrons. The summed E-state index contributed by atoms with van der Waals surface area (Å²) in [5.41, 5.74) is 0. The van der Waals surface area contributed by atoms with Crippen LogP contribution in [0, 0.1) is 11.8 Å². The first-order valence-electron chi connectivity index (χ1n) is 5.53. The van der Waals surface area contributed by atoms with Crippen LogP contribution in [0.3, 0.4) is 0 Å². The van der Waals surface area contributed by atoms with Crippen LogP contribution in [0.1, 0.15) is 46.5 Å². The minimum absolute atomic E-state index is 0.815. The largest absolute Gasteiger partial charge is 0.314 e. The van der Waals surface area contributed by atoms with Crippen LogP contribution in [0.25, 0.3) is 0 Å². The highest BCUT2D eigenvalue weighted by molar-refractivity contribution is 4.88. The standard InChI is InChI=1S/C11H23N/c1-4-6-9(3)11(12-5-2)10-7-8-10/h9-12H,4-8H2,1-3H3. The highest BCUT2D eigenvalue weighted by Gasteiger charge is 2.33. The van der Waals surface area contributed by atoms with Gasteiger partial charge in [0.05, 0.1) is 0 Å². The van der Waals surface area contributed by atoms with Gasteiger partial charge in [-0.2, -0.15) is 0 Å². The minimum atomic E-state index is 0.815. The first-order chi connectivity index (χ1) is 5.79. The smallest absolute Gasteiger partial charge is 0.0121 e. The highest BCUT2D eigenvalue weighted by Crippen LogP contribution is 2.36. The van der Waals surface area contributed by atoms with Crippen LogP contribution < -0.4 is 5.32 Å². The fraction of sp³-hybridized carbons (Fsp3) is 1.00. The number of nitrogens with one attached hydrogen (secondary N) is 1. The molecule has 1 fully saturated rings. The van der Waals surface area contributed by atoms with Crippen molar-refractivity contribution in [2.24, 2.45) is 11.8 Å². The molecule has 2 unspecified atom stereocenters. The van der Waals surface area contributed by atoms with E-state index in [4.69, 9.17) is 0 Å². The fourth-order valence-corrected chi connectivity index (χ4v) is 2.16. The van der Waals surface area contributed by atoms with Crippen LogP contribution in [0.15, 0.2) is 0 Å². The first kappa shape index (κ1) is 10.0. The topological polar surface area (TPSA) is 12.0 Å². The summed E-state index contributed by atoms with van der Waals surface area (Å²) < 4.78 is 0. The van der Waals surface area contributed by atoms with Gasteiger partial charge in [-0.05, 0) is 37.6 Å². The second kappa shape index (κ2) is 4.86. The van der Waals surface area contributed by atoms with Gasteiger partial charge >= 0.3 is 0 Å². The van der Waals surface area contributed by atoms with E-state index in [1.807, 2.05) is 0 Å². The quantitative estimate of drug-likeness (QED) is 0.644. The summed E-state index contributed by atoms with van der Waals surface area (Å²) in [6.07, 6.45) is 5.64. The summed E-state index contributed by atoms with van der Waals surface area (Å²) in [6.45, 7) is 8.03. The van der Waals surface area contributed by atoms with Crippen molar-refractivity contribution >= 4 is 0 Å². The van der Waals surface area contributed by atoms with E-state index in [1.165, 1.54) is 25.7 Å². The normalized spacial score (nSPS) is 22.2. The maximum absolute atomic E-state index is 3.63. The number of hydrogen-bond acceptors (Lipinski definition) is 1. The molecular weight excluding hydrogens is 146 g/mol. The molecule has 0 amide bonds. The van der Waals surface area contributed by atoms with Crippen molar-refractivity contribution in [3.05, 3.63) is 0 Å². The molecule has 1 nitrogen and oxygen atoms in total. The van der Waals surface area contributed by atoms with Gasteiger partial charge < -0.3 is 5.32 Å². The molecule has 1 aliphatic rings. The highest BCUT2D eigenvalue weighted by atomic mass is 14.9. The van der Waals surface area contributed by atoms with Crippen molar-refractivity contribution in [1.82, 2.24) is 5.32 Å². The Hall–Kier alpha value is -0.0400. The summed E-state index contributed by atoms with van der Waals surface area (Å²) in [5, 5.41) is 3.63. The molecule has 1 rings (SSSR count). The molecule has 0 saturated heterocycles. The van der Waals surface area contributed by atoms with E-state index >= 15 is 0 Å². The van der Waals surface area contributed by atoms with Crippen LogP contribution in [-0.2, 0) is 0 Å². The summed E-state index contributed by atoms with van der Waals surface area (Å²) >= 11 is 0. The van der Waals surface area contributed by atoms with Gasteiger partial charge in [0.15, 0.2) is 0 Å². The summed E-state index contributed by atoms with van der Waals surface area (Å²) in [6, 6.07) is 0.815. The molecule has 1 saturated carbocycles. The molecule has 1 N–H and O–H groups in total. The van der Waals surface area contributed by atoms with E-state index in [2.05, 4.69) is 26.1 Å². The molecule has 0 heterocycles. The molecule has 0 radical (unpaired) electrons. The van der Waals surface area contributed by atoms with E-state index in [0.29, 0.717) is 0 Å². The lowest BCUT2D eigenvalue weighted by Gasteiger charge is -2.24. The molecule has 12 heavy (non-hydrogen) atoms. The molecule has 0 spiro atoms. The number of hydrogen-bond donors (Lipinski definition) is 1. The SMILES string of the molecule is CCCC(C)C(NCC)C1CC1. The molecule has 1 aliphatic carbocycles. The zero-order valence-electron chi connectivity index (χ0n) is 8.77. The molecule has 0 aromatic rings. The molecule has 0 aromatic carbocycles. The van der Waals surface area contributed by atoms with E-state index in [1.54, 1.807) is 0 Å². The van der Waals surface area contributed by atoms with Gasteiger partial charge in [0.25, 0.3) is 0 Å². The van der Waals surface area contributed by atoms with Crippen LogP contribution >= 0.6 is 0 Å². The summed E-state index contributed by atoms with van der Waals surface area (Å²) in [7, 11) is 0. The fourth-order valence-electron chi connectivity index (χ4n) is 2.16. The van der Waals surface area contributed by atoms with Crippen LogP contribution in [0.2, 0.25) is 0 Å². The monoisotopic (exact) mass is 169 g/mol. The van der Waals surface area contributed by atoms with Gasteiger partial charge in [-0.25, -0.2) is 0 Å². The van der Waals surface area contributed by atoms with E-state index in [0.717, 1.165) is 24.4 Å². The third kappa shape index (κ3) is 2.78. The molecule has 1 heteroatoms. The summed E-state index contributed by atoms with van der Waals surface area (Å²) in [4.78, 5) is 0. The maximum atomic E-state index is 3.63. The first-order valence-corrected chi connectivity index (χ1v) is 5.53. The van der Waals surface area contributed by atoms with Gasteiger partial charge in [0.1, 0.15) is 0 Å². The molecular formula is C11H23N. The van der Waals surface area contributed by atoms with Crippen molar-refractivity contribution < 1.29 is 0 Å². The summed E-state index contributed by atoms with van der Waals surface area (Å²) in [5.74, 6) is 1.88. The Morgan fingerprint density at radius 1 is 1.33 bits per heavy atom. The average molecular weight is 169 g/mol. The van der Waals surface area contributed by atoms with Gasteiger partial charge in [0.2, 0.25) is 0 Å². The van der Waals surface area contributed by atoms with Gasteiger partial charge in [0, 0.05) is 6.04 Å². The van der Waals surface area contributed by atoms with E-state index < -0.39 is 0 Å². The lowest BCUT2D eigenvalue weighted by Crippen LogP contribution is -2.36. The zero-order chi connectivity index (χ0) is 8.97. The van der Waals surface area contributed by atoms with Crippen molar-refractivity contribution in [2.75, 3.05) is 6.54 Å². The lowest BCUT2D eigenvalue weighted by molar-refractivity contribution is 0.328. The predicted molar refractivity (Wildman–Crippen MR) is 54.3 cm³/mol. The Kier molecular flexibility index (Phi) is 4.07. The molecule has 0 bridgehead atoms. The Morgan fingerprint density at radius 3 is 2.42 bits per heavy atom. The Morgan fingerprint density at radius 2 is 2.00 bits per heavy atom. The maximum Gasteiger partial charge on any atom is 0.0121 e. The average Bonchev–Trinajstić information content (AvgIpc) is 2.83. The van der Waals surface area contributed by atoms with Gasteiger partial charge in [-0.15, -0.1) is 0 Å². The Bertz CT molecular complexity index is 118. The second-order valence-corrected chi connectivity index (χ2v) is 4.19. The third-order valence-corrected chi connectivity index (χ3v) is 2.93. The molecule has 0 aromatic heterocycles. The van der Waals surface area contributed by atoms with E-state index in [-0.39, 0.29) is 0 Å². The third-order valence-electron chi connectivity index (χ3n) is 2.93. The molecule has 2 atom stereocenters. The van der Waals surface area contributed by atoms with Gasteiger partial charge in [-0.3, -0.25) is 0 Å². The van der Waals surface area contributed by atoms with Crippen molar-refractivity contribution in [3.63, 3.8) is 0 Å². The number of rotatable bonds is 6.